The highest BCUT2D eigenvalue weighted by atomic mass is 16.5. The van der Waals surface area contributed by atoms with Gasteiger partial charge in [-0.25, -0.2) is 0 Å². The summed E-state index contributed by atoms with van der Waals surface area (Å²) in [5, 5.41) is 0.323. The van der Waals surface area contributed by atoms with Gasteiger partial charge in [0.05, 0.1) is 12.5 Å². The van der Waals surface area contributed by atoms with E-state index in [1.807, 2.05) is 0 Å². The predicted octanol–water partition coefficient (Wildman–Crippen LogP) is 3.91. The van der Waals surface area contributed by atoms with Gasteiger partial charge in [0, 0.05) is 12.5 Å². The van der Waals surface area contributed by atoms with Crippen LogP contribution in [0.15, 0.2) is 57.9 Å². The molecule has 0 unspecified atom stereocenters. The van der Waals surface area contributed by atoms with Crippen LogP contribution < -0.4 is 19.6 Å². The average Bonchev–Trinajstić information content (AvgIpc) is 2.64. The van der Waals surface area contributed by atoms with E-state index in [1.54, 1.807) is 37.3 Å². The molecular weight excluding hydrogens is 324 g/mol. The van der Waals surface area contributed by atoms with E-state index in [0.717, 1.165) is 0 Å². The van der Waals surface area contributed by atoms with Gasteiger partial charge in [-0.2, -0.15) is 0 Å². The summed E-state index contributed by atoms with van der Waals surface area (Å²) in [6.45, 7) is 1.70. The normalized spacial score (nSPS) is 10.5. The molecule has 3 rings (SSSR count). The van der Waals surface area contributed by atoms with Crippen molar-refractivity contribution in [1.29, 1.82) is 0 Å². The summed E-state index contributed by atoms with van der Waals surface area (Å²) in [6.07, 6.45) is 1.48. The molecule has 0 aliphatic rings. The van der Waals surface area contributed by atoms with Crippen molar-refractivity contribution >= 4 is 16.9 Å². The van der Waals surface area contributed by atoms with E-state index < -0.39 is 0 Å². The van der Waals surface area contributed by atoms with Gasteiger partial charge in [0.25, 0.3) is 0 Å². The van der Waals surface area contributed by atoms with Crippen molar-refractivity contribution in [3.8, 4) is 23.0 Å². The fraction of sp³-hybridized carbons (Fsp3) is 0.158. The van der Waals surface area contributed by atoms with Gasteiger partial charge in [-0.05, 0) is 24.3 Å². The van der Waals surface area contributed by atoms with E-state index in [9.17, 15) is 9.59 Å². The Morgan fingerprint density at radius 2 is 1.84 bits per heavy atom. The number of carbonyl (C=O) groups is 1. The standard InChI is InChI=1S/C19H16O6/c1-3-18(20)24-12-8-9-13-16(10-12)23-11-17(19(13)21)25-15-7-5-4-6-14(15)22-2/h4-11H,3H2,1-2H3. The molecule has 0 atom stereocenters. The zero-order valence-corrected chi connectivity index (χ0v) is 13.8. The van der Waals surface area contributed by atoms with Crippen molar-refractivity contribution in [3.63, 3.8) is 0 Å². The van der Waals surface area contributed by atoms with E-state index in [0.29, 0.717) is 28.2 Å². The first kappa shape index (κ1) is 16.6. The number of carbonyl (C=O) groups excluding carboxylic acids is 1. The second-order valence-corrected chi connectivity index (χ2v) is 5.17. The van der Waals surface area contributed by atoms with Crippen LogP contribution in [0.25, 0.3) is 11.0 Å². The highest BCUT2D eigenvalue weighted by molar-refractivity contribution is 5.80. The first-order chi connectivity index (χ1) is 12.1. The summed E-state index contributed by atoms with van der Waals surface area (Å²) in [7, 11) is 1.52. The molecule has 0 fully saturated rings. The number of methoxy groups -OCH3 is 1. The highest BCUT2D eigenvalue weighted by Gasteiger charge is 2.13. The molecule has 2 aromatic carbocycles. The summed E-state index contributed by atoms with van der Waals surface area (Å²) in [5.74, 6) is 0.906. The van der Waals surface area contributed by atoms with Gasteiger partial charge in [0.2, 0.25) is 11.2 Å². The lowest BCUT2D eigenvalue weighted by atomic mass is 10.2. The third-order valence-corrected chi connectivity index (χ3v) is 3.52. The van der Waals surface area contributed by atoms with Crippen molar-refractivity contribution in [2.45, 2.75) is 13.3 Å². The van der Waals surface area contributed by atoms with Gasteiger partial charge in [-0.15, -0.1) is 0 Å². The number of esters is 1. The maximum Gasteiger partial charge on any atom is 0.310 e. The van der Waals surface area contributed by atoms with Crippen LogP contribution in [0.2, 0.25) is 0 Å². The topological polar surface area (TPSA) is 75.0 Å². The van der Waals surface area contributed by atoms with E-state index in [4.69, 9.17) is 18.6 Å². The molecule has 0 bridgehead atoms. The highest BCUT2D eigenvalue weighted by Crippen LogP contribution is 2.30. The number of ether oxygens (including phenoxy) is 3. The number of fused-ring (bicyclic) bond motifs is 1. The number of hydrogen-bond acceptors (Lipinski definition) is 6. The fourth-order valence-corrected chi connectivity index (χ4v) is 2.25. The number of rotatable bonds is 5. The molecule has 0 saturated carbocycles. The minimum absolute atomic E-state index is 0.0373. The molecule has 6 nitrogen and oxygen atoms in total. The SMILES string of the molecule is CCC(=O)Oc1ccc2c(=O)c(Oc3ccccc3OC)coc2c1. The van der Waals surface area contributed by atoms with Gasteiger partial charge in [-0.1, -0.05) is 19.1 Å². The zero-order chi connectivity index (χ0) is 17.8. The van der Waals surface area contributed by atoms with Crippen LogP contribution in [-0.4, -0.2) is 13.1 Å². The van der Waals surface area contributed by atoms with Gasteiger partial charge in [0.1, 0.15) is 17.6 Å². The summed E-state index contributed by atoms with van der Waals surface area (Å²) in [5.41, 5.74) is -0.0284. The van der Waals surface area contributed by atoms with E-state index in [1.165, 1.54) is 25.5 Å². The van der Waals surface area contributed by atoms with Crippen LogP contribution in [0.1, 0.15) is 13.3 Å². The molecule has 0 saturated heterocycles. The fourth-order valence-electron chi connectivity index (χ4n) is 2.25. The molecule has 1 heterocycles. The Morgan fingerprint density at radius 1 is 1.08 bits per heavy atom. The number of benzene rings is 2. The van der Waals surface area contributed by atoms with Crippen molar-refractivity contribution < 1.29 is 23.4 Å². The molecule has 25 heavy (non-hydrogen) atoms. The van der Waals surface area contributed by atoms with Crippen LogP contribution in [-0.2, 0) is 4.79 Å². The van der Waals surface area contributed by atoms with E-state index in [-0.39, 0.29) is 23.6 Å². The molecule has 6 heteroatoms. The maximum absolute atomic E-state index is 12.6. The van der Waals surface area contributed by atoms with Crippen LogP contribution >= 0.6 is 0 Å². The molecule has 0 spiro atoms. The third kappa shape index (κ3) is 3.47. The second kappa shape index (κ2) is 7.09. The lowest BCUT2D eigenvalue weighted by Gasteiger charge is -2.09. The molecule has 0 radical (unpaired) electrons. The Kier molecular flexibility index (Phi) is 4.70. The minimum Gasteiger partial charge on any atom is -0.493 e. The number of hydrogen-bond donors (Lipinski definition) is 0. The zero-order valence-electron chi connectivity index (χ0n) is 13.8. The summed E-state index contributed by atoms with van der Waals surface area (Å²) < 4.78 is 21.4. The lowest BCUT2D eigenvalue weighted by molar-refractivity contribution is -0.134. The van der Waals surface area contributed by atoms with Crippen molar-refractivity contribution in [3.05, 3.63) is 59.0 Å². The average molecular weight is 340 g/mol. The molecule has 128 valence electrons. The van der Waals surface area contributed by atoms with Crippen molar-refractivity contribution in [1.82, 2.24) is 0 Å². The maximum atomic E-state index is 12.6. The molecule has 0 N–H and O–H groups in total. The van der Waals surface area contributed by atoms with Crippen molar-refractivity contribution in [2.24, 2.45) is 0 Å². The first-order valence-corrected chi connectivity index (χ1v) is 7.69. The summed E-state index contributed by atoms with van der Waals surface area (Å²) in [6, 6.07) is 11.6. The van der Waals surface area contributed by atoms with Crippen molar-refractivity contribution in [2.75, 3.05) is 7.11 Å². The number of para-hydroxylation sites is 2. The Hall–Kier alpha value is -3.28. The molecule has 0 aliphatic heterocycles. The molecular formula is C19H16O6. The minimum atomic E-state index is -0.363. The quantitative estimate of drug-likeness (QED) is 0.518. The Balaban J connectivity index is 1.96. The molecule has 0 aliphatic carbocycles. The van der Waals surface area contributed by atoms with Gasteiger partial charge in [-0.3, -0.25) is 9.59 Å². The third-order valence-electron chi connectivity index (χ3n) is 3.52. The largest absolute Gasteiger partial charge is 0.493 e. The van der Waals surface area contributed by atoms with E-state index in [2.05, 4.69) is 0 Å². The Bertz CT molecular complexity index is 973. The monoisotopic (exact) mass is 340 g/mol. The Morgan fingerprint density at radius 3 is 2.56 bits per heavy atom. The lowest BCUT2D eigenvalue weighted by Crippen LogP contribution is -2.07. The molecule has 0 amide bonds. The van der Waals surface area contributed by atoms with Crippen LogP contribution in [0, 0.1) is 0 Å². The van der Waals surface area contributed by atoms with Crippen LogP contribution in [0.5, 0.6) is 23.0 Å². The molecule has 1 aromatic heterocycles. The van der Waals surface area contributed by atoms with Crippen LogP contribution in [0.3, 0.4) is 0 Å². The van der Waals surface area contributed by atoms with Gasteiger partial charge in [0.15, 0.2) is 11.5 Å². The van der Waals surface area contributed by atoms with Gasteiger partial charge >= 0.3 is 5.97 Å². The van der Waals surface area contributed by atoms with E-state index >= 15 is 0 Å². The summed E-state index contributed by atoms with van der Waals surface area (Å²) >= 11 is 0. The smallest absolute Gasteiger partial charge is 0.310 e. The predicted molar refractivity (Wildman–Crippen MR) is 91.5 cm³/mol. The van der Waals surface area contributed by atoms with Gasteiger partial charge < -0.3 is 18.6 Å². The first-order valence-electron chi connectivity index (χ1n) is 7.69. The Labute approximate surface area is 143 Å². The van der Waals surface area contributed by atoms with Crippen LogP contribution in [0.4, 0.5) is 0 Å². The summed E-state index contributed by atoms with van der Waals surface area (Å²) in [4.78, 5) is 23.9. The second-order valence-electron chi connectivity index (χ2n) is 5.17. The molecule has 3 aromatic rings.